The van der Waals surface area contributed by atoms with Gasteiger partial charge in [0, 0.05) is 19.6 Å². The molecule has 13 heteroatoms. The molecule has 13 nitrogen and oxygen atoms in total. The molecule has 214 valence electrons. The van der Waals surface area contributed by atoms with Crippen molar-refractivity contribution in [2.45, 2.75) is 98.0 Å². The fourth-order valence-electron chi connectivity index (χ4n) is 2.55. The summed E-state index contributed by atoms with van der Waals surface area (Å²) in [5.41, 5.74) is -2.25. The van der Waals surface area contributed by atoms with Crippen LogP contribution in [0, 0.1) is 0 Å². The van der Waals surface area contributed by atoms with Gasteiger partial charge in [-0.25, -0.2) is 14.4 Å². The number of carbonyl (C=O) groups excluding carboxylic acids is 4. The molecule has 0 aromatic rings. The Bertz CT molecular complexity index is 763. The van der Waals surface area contributed by atoms with Crippen LogP contribution in [0.15, 0.2) is 4.99 Å². The van der Waals surface area contributed by atoms with E-state index < -0.39 is 41.1 Å². The molecule has 0 bridgehead atoms. The quantitative estimate of drug-likeness (QED) is 0.131. The number of hydrogen-bond donors (Lipinski definition) is 5. The highest BCUT2D eigenvalue weighted by atomic mass is 16.6. The molecule has 0 aromatic heterocycles. The predicted octanol–water partition coefficient (Wildman–Crippen LogP) is 2.40. The van der Waals surface area contributed by atoms with Gasteiger partial charge in [0.2, 0.25) is 11.9 Å². The fraction of sp³-hybridized carbons (Fsp3) is 0.792. The molecule has 0 spiro atoms. The van der Waals surface area contributed by atoms with Crippen LogP contribution < -0.4 is 26.6 Å². The van der Waals surface area contributed by atoms with Crippen LogP contribution >= 0.6 is 0 Å². The van der Waals surface area contributed by atoms with Crippen LogP contribution in [0.2, 0.25) is 0 Å². The van der Waals surface area contributed by atoms with Gasteiger partial charge in [-0.3, -0.25) is 20.4 Å². The van der Waals surface area contributed by atoms with E-state index in [4.69, 9.17) is 14.2 Å². The molecule has 0 aliphatic heterocycles. The van der Waals surface area contributed by atoms with E-state index in [1.54, 1.807) is 69.4 Å². The van der Waals surface area contributed by atoms with Crippen molar-refractivity contribution in [2.75, 3.05) is 26.7 Å². The summed E-state index contributed by atoms with van der Waals surface area (Å²) in [7, 11) is 1.76. The van der Waals surface area contributed by atoms with Crippen LogP contribution in [0.3, 0.4) is 0 Å². The Morgan fingerprint density at radius 3 is 1.62 bits per heavy atom. The maximum Gasteiger partial charge on any atom is 0.414 e. The molecule has 0 aliphatic carbocycles. The number of ether oxygens (including phenoxy) is 3. The van der Waals surface area contributed by atoms with Crippen molar-refractivity contribution in [3.05, 3.63) is 0 Å². The number of alkyl carbamates (subject to hydrolysis) is 3. The van der Waals surface area contributed by atoms with Crippen molar-refractivity contribution in [1.82, 2.24) is 26.6 Å². The number of likely N-dealkylation sites (N-methyl/N-ethyl adjacent to an activating group) is 1. The van der Waals surface area contributed by atoms with Crippen LogP contribution in [0.5, 0.6) is 0 Å². The standard InChI is InChI=1S/C24H46N6O7/c1-22(2,3)35-19(32)28-16(17(31)26-15-14-25-10)12-11-13-27-18(29-20(33)36-23(4,5)6)30-21(34)37-24(7,8)9/h16,25H,11-15H2,1-10H3,(H,26,31)(H,28,32)(H2,27,29,30,33,34). The second-order valence-electron chi connectivity index (χ2n) is 11.2. The Labute approximate surface area is 220 Å². The first kappa shape index (κ1) is 33.9. The maximum atomic E-state index is 12.6. The molecule has 1 unspecified atom stereocenters. The molecule has 0 fully saturated rings. The Hall–Kier alpha value is -3.09. The highest BCUT2D eigenvalue weighted by Crippen LogP contribution is 2.09. The van der Waals surface area contributed by atoms with Gasteiger partial charge in [-0.05, 0) is 82.2 Å². The highest BCUT2D eigenvalue weighted by Gasteiger charge is 2.24. The minimum atomic E-state index is -0.872. The average Bonchev–Trinajstić information content (AvgIpc) is 2.65. The third-order valence-corrected chi connectivity index (χ3v) is 3.84. The second-order valence-corrected chi connectivity index (χ2v) is 11.2. The number of aliphatic imine (C=N–C) groups is 1. The molecule has 0 saturated carbocycles. The summed E-state index contributed by atoms with van der Waals surface area (Å²) in [6.07, 6.45) is -1.79. The van der Waals surface area contributed by atoms with Gasteiger partial charge in [0.05, 0.1) is 0 Å². The van der Waals surface area contributed by atoms with Crippen LogP contribution in [0.25, 0.3) is 0 Å². The van der Waals surface area contributed by atoms with E-state index in [2.05, 4.69) is 31.6 Å². The Balaban J connectivity index is 5.35. The second kappa shape index (κ2) is 15.2. The number of hydrogen-bond acceptors (Lipinski definition) is 9. The zero-order chi connectivity index (χ0) is 28.9. The first-order valence-corrected chi connectivity index (χ1v) is 12.3. The lowest BCUT2D eigenvalue weighted by molar-refractivity contribution is -0.123. The van der Waals surface area contributed by atoms with E-state index in [1.165, 1.54) is 0 Å². The van der Waals surface area contributed by atoms with Crippen molar-refractivity contribution in [2.24, 2.45) is 4.99 Å². The van der Waals surface area contributed by atoms with Crippen molar-refractivity contribution in [3.8, 4) is 0 Å². The highest BCUT2D eigenvalue weighted by molar-refractivity contribution is 6.01. The first-order chi connectivity index (χ1) is 16.8. The number of guanidine groups is 1. The van der Waals surface area contributed by atoms with E-state index in [9.17, 15) is 19.2 Å². The number of rotatable bonds is 9. The summed E-state index contributed by atoms with van der Waals surface area (Å²) in [4.78, 5) is 53.5. The van der Waals surface area contributed by atoms with Crippen LogP contribution in [-0.2, 0) is 19.0 Å². The maximum absolute atomic E-state index is 12.6. The van der Waals surface area contributed by atoms with E-state index in [1.807, 2.05) is 0 Å². The van der Waals surface area contributed by atoms with Crippen LogP contribution in [0.1, 0.15) is 75.2 Å². The minimum absolute atomic E-state index is 0.108. The SMILES string of the molecule is CNCCNC(=O)C(CCCN=C(NC(=O)OC(C)(C)C)NC(=O)OC(C)(C)C)NC(=O)OC(C)(C)C. The third-order valence-electron chi connectivity index (χ3n) is 3.84. The summed E-state index contributed by atoms with van der Waals surface area (Å²) in [6.45, 7) is 16.4. The molecule has 0 heterocycles. The summed E-state index contributed by atoms with van der Waals surface area (Å²) in [6, 6.07) is -0.872. The lowest BCUT2D eigenvalue weighted by Crippen LogP contribution is -2.49. The number of nitrogens with zero attached hydrogens (tertiary/aromatic N) is 1. The lowest BCUT2D eigenvalue weighted by Gasteiger charge is -2.23. The number of nitrogens with one attached hydrogen (secondary N) is 5. The lowest BCUT2D eigenvalue weighted by atomic mass is 10.1. The molecular formula is C24H46N6O7. The van der Waals surface area contributed by atoms with E-state index >= 15 is 0 Å². The molecule has 0 radical (unpaired) electrons. The first-order valence-electron chi connectivity index (χ1n) is 12.3. The molecule has 0 aliphatic rings. The van der Waals surface area contributed by atoms with Gasteiger partial charge in [0.1, 0.15) is 22.8 Å². The third kappa shape index (κ3) is 19.7. The Kier molecular flexibility index (Phi) is 14.0. The number of carbonyl (C=O) groups is 4. The summed E-state index contributed by atoms with van der Waals surface area (Å²) in [5, 5.41) is 13.0. The normalized spacial score (nSPS) is 12.5. The Morgan fingerprint density at radius 2 is 1.19 bits per heavy atom. The van der Waals surface area contributed by atoms with Gasteiger partial charge in [-0.1, -0.05) is 0 Å². The summed E-state index contributed by atoms with van der Waals surface area (Å²) >= 11 is 0. The van der Waals surface area contributed by atoms with Gasteiger partial charge >= 0.3 is 18.3 Å². The van der Waals surface area contributed by atoms with Gasteiger partial charge in [-0.15, -0.1) is 0 Å². The van der Waals surface area contributed by atoms with Crippen molar-refractivity contribution in [3.63, 3.8) is 0 Å². The molecule has 5 N–H and O–H groups in total. The molecule has 37 heavy (non-hydrogen) atoms. The average molecular weight is 531 g/mol. The van der Waals surface area contributed by atoms with Gasteiger partial charge < -0.3 is 30.2 Å². The molecule has 4 amide bonds. The zero-order valence-corrected chi connectivity index (χ0v) is 23.9. The van der Waals surface area contributed by atoms with Crippen molar-refractivity contribution < 1.29 is 33.4 Å². The topological polar surface area (TPSA) is 168 Å². The predicted molar refractivity (Wildman–Crippen MR) is 140 cm³/mol. The Morgan fingerprint density at radius 1 is 0.730 bits per heavy atom. The molecule has 1 atom stereocenters. The van der Waals surface area contributed by atoms with Gasteiger partial charge in [0.15, 0.2) is 0 Å². The molecular weight excluding hydrogens is 484 g/mol. The largest absolute Gasteiger partial charge is 0.444 e. The van der Waals surface area contributed by atoms with E-state index in [-0.39, 0.29) is 24.8 Å². The smallest absolute Gasteiger partial charge is 0.414 e. The zero-order valence-electron chi connectivity index (χ0n) is 23.9. The monoisotopic (exact) mass is 530 g/mol. The van der Waals surface area contributed by atoms with Gasteiger partial charge in [-0.2, -0.15) is 0 Å². The van der Waals surface area contributed by atoms with E-state index in [0.29, 0.717) is 19.5 Å². The van der Waals surface area contributed by atoms with Crippen molar-refractivity contribution >= 4 is 30.1 Å². The van der Waals surface area contributed by atoms with E-state index in [0.717, 1.165) is 0 Å². The van der Waals surface area contributed by atoms with Crippen LogP contribution in [0.4, 0.5) is 14.4 Å². The van der Waals surface area contributed by atoms with Crippen LogP contribution in [-0.4, -0.2) is 79.7 Å². The molecule has 0 aromatic carbocycles. The molecule has 0 rings (SSSR count). The minimum Gasteiger partial charge on any atom is -0.444 e. The summed E-state index contributed by atoms with van der Waals surface area (Å²) in [5.74, 6) is -0.539. The number of amides is 4. The fourth-order valence-corrected chi connectivity index (χ4v) is 2.55. The molecule has 0 saturated heterocycles. The van der Waals surface area contributed by atoms with Crippen molar-refractivity contribution in [1.29, 1.82) is 0 Å². The van der Waals surface area contributed by atoms with Gasteiger partial charge in [0.25, 0.3) is 0 Å². The summed E-state index contributed by atoms with van der Waals surface area (Å²) < 4.78 is 15.7.